The van der Waals surface area contributed by atoms with Crippen LogP contribution in [0.5, 0.6) is 0 Å². The average molecular weight is 338 g/mol. The number of hydrogen-bond donors (Lipinski definition) is 1. The van der Waals surface area contributed by atoms with Crippen LogP contribution in [0, 0.1) is 12.8 Å². The Labute approximate surface area is 130 Å². The summed E-state index contributed by atoms with van der Waals surface area (Å²) in [5.74, 6) is 1.71. The van der Waals surface area contributed by atoms with Crippen LogP contribution in [-0.4, -0.2) is 6.54 Å². The van der Waals surface area contributed by atoms with Gasteiger partial charge in [-0.15, -0.1) is 0 Å². The molecule has 0 saturated heterocycles. The SMILES string of the molecule is CCCNCc1oc2c(C)ccc(Br)c2c1CC(C)C. The largest absolute Gasteiger partial charge is 0.459 e. The van der Waals surface area contributed by atoms with Crippen molar-refractivity contribution in [3.8, 4) is 0 Å². The van der Waals surface area contributed by atoms with Gasteiger partial charge in [-0.2, -0.15) is 0 Å². The van der Waals surface area contributed by atoms with E-state index in [0.717, 1.165) is 41.7 Å². The molecular formula is C17H24BrNO. The predicted octanol–water partition coefficient (Wildman–Crippen LogP) is 5.20. The Hall–Kier alpha value is -0.800. The van der Waals surface area contributed by atoms with Gasteiger partial charge in [-0.25, -0.2) is 0 Å². The number of aryl methyl sites for hydroxylation is 1. The van der Waals surface area contributed by atoms with E-state index in [2.05, 4.69) is 61.1 Å². The van der Waals surface area contributed by atoms with Gasteiger partial charge in [0.2, 0.25) is 0 Å². The molecule has 1 N–H and O–H groups in total. The number of furan rings is 1. The number of benzene rings is 1. The first kappa shape index (κ1) is 15.6. The summed E-state index contributed by atoms with van der Waals surface area (Å²) in [6.07, 6.45) is 2.20. The van der Waals surface area contributed by atoms with Crippen LogP contribution in [0.1, 0.15) is 44.1 Å². The first-order valence-electron chi connectivity index (χ1n) is 7.44. The number of halogens is 1. The molecule has 0 spiro atoms. The lowest BCUT2D eigenvalue weighted by atomic mass is 9.99. The molecule has 1 aromatic carbocycles. The Kier molecular flexibility index (Phi) is 5.28. The van der Waals surface area contributed by atoms with Gasteiger partial charge in [0.15, 0.2) is 0 Å². The number of hydrogen-bond acceptors (Lipinski definition) is 2. The van der Waals surface area contributed by atoms with E-state index < -0.39 is 0 Å². The van der Waals surface area contributed by atoms with Crippen LogP contribution in [-0.2, 0) is 13.0 Å². The lowest BCUT2D eigenvalue weighted by Crippen LogP contribution is -2.14. The third kappa shape index (κ3) is 3.26. The number of nitrogens with one attached hydrogen (secondary N) is 1. The van der Waals surface area contributed by atoms with Gasteiger partial charge in [-0.3, -0.25) is 0 Å². The van der Waals surface area contributed by atoms with Crippen molar-refractivity contribution in [1.29, 1.82) is 0 Å². The van der Waals surface area contributed by atoms with E-state index in [1.54, 1.807) is 0 Å². The zero-order valence-electron chi connectivity index (χ0n) is 12.8. The standard InChI is InChI=1S/C17H24BrNO/c1-5-8-19-10-15-13(9-11(2)3)16-14(18)7-6-12(4)17(16)20-15/h6-7,11,19H,5,8-10H2,1-4H3. The second kappa shape index (κ2) is 6.77. The molecule has 0 atom stereocenters. The Morgan fingerprint density at radius 2 is 2.05 bits per heavy atom. The molecule has 0 amide bonds. The van der Waals surface area contributed by atoms with Crippen molar-refractivity contribution in [2.24, 2.45) is 5.92 Å². The second-order valence-electron chi connectivity index (χ2n) is 5.85. The van der Waals surface area contributed by atoms with Crippen LogP contribution in [0.4, 0.5) is 0 Å². The first-order valence-corrected chi connectivity index (χ1v) is 8.24. The highest BCUT2D eigenvalue weighted by Gasteiger charge is 2.18. The van der Waals surface area contributed by atoms with Gasteiger partial charge in [0.25, 0.3) is 0 Å². The Balaban J connectivity index is 2.49. The maximum absolute atomic E-state index is 6.17. The molecule has 1 aromatic heterocycles. The Morgan fingerprint density at radius 1 is 1.30 bits per heavy atom. The van der Waals surface area contributed by atoms with Gasteiger partial charge in [0, 0.05) is 15.4 Å². The van der Waals surface area contributed by atoms with E-state index in [-0.39, 0.29) is 0 Å². The molecule has 0 fully saturated rings. The fourth-order valence-electron chi connectivity index (χ4n) is 2.55. The molecule has 2 aromatic rings. The molecule has 0 bridgehead atoms. The minimum atomic E-state index is 0.619. The van der Waals surface area contributed by atoms with Crippen LogP contribution in [0.15, 0.2) is 21.0 Å². The smallest absolute Gasteiger partial charge is 0.138 e. The molecule has 0 radical (unpaired) electrons. The molecular weight excluding hydrogens is 314 g/mol. The van der Waals surface area contributed by atoms with E-state index in [4.69, 9.17) is 4.42 Å². The van der Waals surface area contributed by atoms with E-state index in [1.807, 2.05) is 0 Å². The van der Waals surface area contributed by atoms with Crippen molar-refractivity contribution in [3.05, 3.63) is 33.5 Å². The van der Waals surface area contributed by atoms with Gasteiger partial charge in [-0.1, -0.05) is 42.8 Å². The van der Waals surface area contributed by atoms with Crippen molar-refractivity contribution in [2.75, 3.05) is 6.54 Å². The van der Waals surface area contributed by atoms with E-state index in [0.29, 0.717) is 5.92 Å². The number of rotatable bonds is 6. The monoisotopic (exact) mass is 337 g/mol. The Morgan fingerprint density at radius 3 is 2.70 bits per heavy atom. The predicted molar refractivity (Wildman–Crippen MR) is 89.2 cm³/mol. The van der Waals surface area contributed by atoms with Gasteiger partial charge in [-0.05, 0) is 43.9 Å². The van der Waals surface area contributed by atoms with Crippen LogP contribution < -0.4 is 5.32 Å². The van der Waals surface area contributed by atoms with Gasteiger partial charge in [0.1, 0.15) is 11.3 Å². The van der Waals surface area contributed by atoms with Crippen molar-refractivity contribution >= 4 is 26.9 Å². The fourth-order valence-corrected chi connectivity index (χ4v) is 3.10. The molecule has 0 aliphatic heterocycles. The molecule has 0 unspecified atom stereocenters. The summed E-state index contributed by atoms with van der Waals surface area (Å²) in [6.45, 7) is 10.6. The topological polar surface area (TPSA) is 25.2 Å². The summed E-state index contributed by atoms with van der Waals surface area (Å²) in [5, 5.41) is 4.71. The van der Waals surface area contributed by atoms with E-state index >= 15 is 0 Å². The Bertz CT molecular complexity index is 586. The third-order valence-corrected chi connectivity index (χ3v) is 4.15. The van der Waals surface area contributed by atoms with E-state index in [9.17, 15) is 0 Å². The molecule has 3 heteroatoms. The molecule has 110 valence electrons. The normalized spacial score (nSPS) is 11.7. The molecule has 20 heavy (non-hydrogen) atoms. The molecule has 1 heterocycles. The third-order valence-electron chi connectivity index (χ3n) is 3.49. The van der Waals surface area contributed by atoms with Crippen LogP contribution in [0.25, 0.3) is 11.0 Å². The maximum atomic E-state index is 6.17. The van der Waals surface area contributed by atoms with Crippen molar-refractivity contribution in [2.45, 2.75) is 47.1 Å². The molecule has 2 nitrogen and oxygen atoms in total. The van der Waals surface area contributed by atoms with Gasteiger partial charge >= 0.3 is 0 Å². The fraction of sp³-hybridized carbons (Fsp3) is 0.529. The molecule has 2 rings (SSSR count). The van der Waals surface area contributed by atoms with E-state index in [1.165, 1.54) is 16.5 Å². The molecule has 0 saturated carbocycles. The summed E-state index contributed by atoms with van der Waals surface area (Å²) >= 11 is 3.69. The highest BCUT2D eigenvalue weighted by Crippen LogP contribution is 2.35. The van der Waals surface area contributed by atoms with Crippen molar-refractivity contribution < 1.29 is 4.42 Å². The summed E-state index contributed by atoms with van der Waals surface area (Å²) in [4.78, 5) is 0. The summed E-state index contributed by atoms with van der Waals surface area (Å²) < 4.78 is 7.30. The lowest BCUT2D eigenvalue weighted by molar-refractivity contribution is 0.500. The first-order chi connectivity index (χ1) is 9.54. The quantitative estimate of drug-likeness (QED) is 0.732. The van der Waals surface area contributed by atoms with Gasteiger partial charge < -0.3 is 9.73 Å². The summed E-state index contributed by atoms with van der Waals surface area (Å²) in [5.41, 5.74) is 3.59. The maximum Gasteiger partial charge on any atom is 0.138 e. The summed E-state index contributed by atoms with van der Waals surface area (Å²) in [7, 11) is 0. The van der Waals surface area contributed by atoms with Crippen molar-refractivity contribution in [1.82, 2.24) is 5.32 Å². The second-order valence-corrected chi connectivity index (χ2v) is 6.70. The minimum Gasteiger partial charge on any atom is -0.459 e. The lowest BCUT2D eigenvalue weighted by Gasteiger charge is -2.07. The number of fused-ring (bicyclic) bond motifs is 1. The highest BCUT2D eigenvalue weighted by atomic mass is 79.9. The van der Waals surface area contributed by atoms with Crippen LogP contribution in [0.2, 0.25) is 0 Å². The molecule has 0 aliphatic carbocycles. The van der Waals surface area contributed by atoms with Crippen molar-refractivity contribution in [3.63, 3.8) is 0 Å². The minimum absolute atomic E-state index is 0.619. The zero-order chi connectivity index (χ0) is 14.7. The zero-order valence-corrected chi connectivity index (χ0v) is 14.4. The van der Waals surface area contributed by atoms with Crippen LogP contribution in [0.3, 0.4) is 0 Å². The van der Waals surface area contributed by atoms with Crippen LogP contribution >= 0.6 is 15.9 Å². The average Bonchev–Trinajstić information content (AvgIpc) is 2.74. The molecule has 0 aliphatic rings. The summed E-state index contributed by atoms with van der Waals surface area (Å²) in [6, 6.07) is 4.23. The van der Waals surface area contributed by atoms with Gasteiger partial charge in [0.05, 0.1) is 6.54 Å². The highest BCUT2D eigenvalue weighted by molar-refractivity contribution is 9.10.